The van der Waals surface area contributed by atoms with Gasteiger partial charge in [0.1, 0.15) is 0 Å². The third-order valence-corrected chi connectivity index (χ3v) is 6.06. The largest absolute Gasteiger partial charge is 0.361 e. The Morgan fingerprint density at radius 2 is 1.88 bits per heavy atom. The van der Waals surface area contributed by atoms with Crippen LogP contribution in [0.4, 0.5) is 0 Å². The fourth-order valence-electron chi connectivity index (χ4n) is 3.58. The number of sulfonamides is 1. The molecule has 0 radical (unpaired) electrons. The lowest BCUT2D eigenvalue weighted by Gasteiger charge is -2.22. The van der Waals surface area contributed by atoms with Gasteiger partial charge in [0.15, 0.2) is 0 Å². The second-order valence-corrected chi connectivity index (χ2v) is 9.39. The molecule has 1 amide bonds. The quantitative estimate of drug-likeness (QED) is 0.200. The first-order valence-corrected chi connectivity index (χ1v) is 12.0. The number of carbonyl (C=O) groups excluding carboxylic acids is 1. The Bertz CT molecular complexity index is 1170. The van der Waals surface area contributed by atoms with Gasteiger partial charge in [-0.2, -0.15) is 0 Å². The van der Waals surface area contributed by atoms with E-state index in [0.717, 1.165) is 29.6 Å². The van der Waals surface area contributed by atoms with Crippen LogP contribution >= 0.6 is 0 Å². The van der Waals surface area contributed by atoms with Crippen LogP contribution < -0.4 is 10.6 Å². The fourth-order valence-corrected chi connectivity index (χ4v) is 4.11. The highest BCUT2D eigenvalue weighted by Gasteiger charge is 2.11. The van der Waals surface area contributed by atoms with Crippen LogP contribution in [0.15, 0.2) is 60.8 Å². The maximum atomic E-state index is 11.3. The molecule has 0 spiro atoms. The number of amides is 1. The number of fused-ring (bicyclic) bond motifs is 1. The number of nitrogens with one attached hydrogen (secondary N) is 2. The molecule has 0 atom stereocenters. The summed E-state index contributed by atoms with van der Waals surface area (Å²) in [7, 11) is -3.49. The highest BCUT2D eigenvalue weighted by molar-refractivity contribution is 7.89. The van der Waals surface area contributed by atoms with Gasteiger partial charge in [0.05, 0.1) is 5.75 Å². The van der Waals surface area contributed by atoms with Crippen LogP contribution in [-0.4, -0.2) is 48.3 Å². The maximum absolute atomic E-state index is 11.3. The lowest BCUT2D eigenvalue weighted by atomic mass is 10.1. The minimum Gasteiger partial charge on any atom is -0.361 e. The molecule has 5 N–H and O–H groups in total. The third kappa shape index (κ3) is 7.31. The van der Waals surface area contributed by atoms with Crippen LogP contribution in [0.1, 0.15) is 23.1 Å². The number of H-pyrrole nitrogens is 1. The second kappa shape index (κ2) is 11.1. The van der Waals surface area contributed by atoms with Gasteiger partial charge in [0.2, 0.25) is 10.0 Å². The highest BCUT2D eigenvalue weighted by atomic mass is 32.2. The van der Waals surface area contributed by atoms with Gasteiger partial charge in [-0.1, -0.05) is 42.5 Å². The minimum absolute atomic E-state index is 0.0484. The first-order valence-electron chi connectivity index (χ1n) is 10.3. The number of aromatic nitrogens is 1. The van der Waals surface area contributed by atoms with Gasteiger partial charge in [-0.15, -0.1) is 0 Å². The van der Waals surface area contributed by atoms with Crippen molar-refractivity contribution in [3.63, 3.8) is 0 Å². The lowest BCUT2D eigenvalue weighted by molar-refractivity contribution is -0.124. The van der Waals surface area contributed by atoms with Crippen molar-refractivity contribution < 1.29 is 18.4 Å². The lowest BCUT2D eigenvalue weighted by Crippen LogP contribution is -2.29. The van der Waals surface area contributed by atoms with Crippen molar-refractivity contribution in [2.45, 2.75) is 19.4 Å². The molecule has 3 rings (SSSR count). The SMILES string of the molecule is NS(=O)(=O)CCCN(CCc1c[nH]c2ccccc12)Cc1ccc(C=CC(=O)NO)cc1. The van der Waals surface area contributed by atoms with Gasteiger partial charge in [-0.3, -0.25) is 14.9 Å². The zero-order valence-electron chi connectivity index (χ0n) is 17.7. The van der Waals surface area contributed by atoms with Crippen molar-refractivity contribution in [2.24, 2.45) is 5.14 Å². The molecule has 170 valence electrons. The molecule has 0 saturated heterocycles. The molecule has 3 aromatic rings. The minimum atomic E-state index is -3.49. The molecule has 1 aromatic heterocycles. The number of benzene rings is 2. The Balaban J connectivity index is 1.66. The first kappa shape index (κ1) is 23.7. The summed E-state index contributed by atoms with van der Waals surface area (Å²) in [5, 5.41) is 14.9. The predicted octanol–water partition coefficient (Wildman–Crippen LogP) is 2.41. The predicted molar refractivity (Wildman–Crippen MR) is 125 cm³/mol. The highest BCUT2D eigenvalue weighted by Crippen LogP contribution is 2.19. The third-order valence-electron chi connectivity index (χ3n) is 5.20. The number of hydrogen-bond donors (Lipinski definition) is 4. The van der Waals surface area contributed by atoms with E-state index in [1.165, 1.54) is 17.0 Å². The Hall–Kier alpha value is -2.98. The molecule has 32 heavy (non-hydrogen) atoms. The molecule has 0 bridgehead atoms. The van der Waals surface area contributed by atoms with Crippen molar-refractivity contribution in [1.29, 1.82) is 0 Å². The molecular weight excluding hydrogens is 428 g/mol. The van der Waals surface area contributed by atoms with E-state index in [-0.39, 0.29) is 5.75 Å². The van der Waals surface area contributed by atoms with Gasteiger partial charge >= 0.3 is 0 Å². The first-order chi connectivity index (χ1) is 15.3. The summed E-state index contributed by atoms with van der Waals surface area (Å²) in [4.78, 5) is 16.6. The Morgan fingerprint density at radius 3 is 2.59 bits per heavy atom. The summed E-state index contributed by atoms with van der Waals surface area (Å²) >= 11 is 0. The van der Waals surface area contributed by atoms with Crippen LogP contribution in [-0.2, 0) is 27.8 Å². The number of hydrogen-bond acceptors (Lipinski definition) is 5. The molecule has 0 unspecified atom stereocenters. The molecule has 1 heterocycles. The molecule has 2 aromatic carbocycles. The van der Waals surface area contributed by atoms with Crippen LogP contribution in [0, 0.1) is 0 Å². The summed E-state index contributed by atoms with van der Waals surface area (Å²) in [5.41, 5.74) is 5.78. The number of nitrogens with two attached hydrogens (primary N) is 1. The number of carbonyl (C=O) groups is 1. The van der Waals surface area contributed by atoms with E-state index < -0.39 is 15.9 Å². The van der Waals surface area contributed by atoms with Crippen LogP contribution in [0.25, 0.3) is 17.0 Å². The average Bonchev–Trinajstić information content (AvgIpc) is 3.19. The zero-order chi connectivity index (χ0) is 23.0. The van der Waals surface area contributed by atoms with E-state index >= 15 is 0 Å². The van der Waals surface area contributed by atoms with Crippen LogP contribution in [0.3, 0.4) is 0 Å². The van der Waals surface area contributed by atoms with E-state index in [1.54, 1.807) is 11.6 Å². The van der Waals surface area contributed by atoms with Crippen molar-refractivity contribution >= 4 is 32.9 Å². The van der Waals surface area contributed by atoms with Gasteiger partial charge in [0.25, 0.3) is 5.91 Å². The van der Waals surface area contributed by atoms with E-state index in [4.69, 9.17) is 10.3 Å². The average molecular weight is 457 g/mol. The van der Waals surface area contributed by atoms with Gasteiger partial charge < -0.3 is 4.98 Å². The number of para-hydroxylation sites is 1. The maximum Gasteiger partial charge on any atom is 0.267 e. The molecule has 0 aliphatic rings. The smallest absolute Gasteiger partial charge is 0.267 e. The summed E-state index contributed by atoms with van der Waals surface area (Å²) in [5.74, 6) is -0.639. The monoisotopic (exact) mass is 456 g/mol. The summed E-state index contributed by atoms with van der Waals surface area (Å²) in [6.45, 7) is 2.04. The molecule has 8 nitrogen and oxygen atoms in total. The summed E-state index contributed by atoms with van der Waals surface area (Å²) < 4.78 is 22.7. The van der Waals surface area contributed by atoms with E-state index in [2.05, 4.69) is 16.0 Å². The van der Waals surface area contributed by atoms with Gasteiger partial charge in [-0.25, -0.2) is 19.0 Å². The Morgan fingerprint density at radius 1 is 1.12 bits per heavy atom. The normalized spacial score (nSPS) is 12.1. The summed E-state index contributed by atoms with van der Waals surface area (Å²) in [6.07, 6.45) is 6.17. The van der Waals surface area contributed by atoms with Crippen molar-refractivity contribution in [1.82, 2.24) is 15.4 Å². The number of nitrogens with zero attached hydrogens (tertiary/aromatic N) is 1. The van der Waals surface area contributed by atoms with E-state index in [0.29, 0.717) is 19.5 Å². The second-order valence-electron chi connectivity index (χ2n) is 7.66. The van der Waals surface area contributed by atoms with Gasteiger partial charge in [0, 0.05) is 36.3 Å². The van der Waals surface area contributed by atoms with E-state index in [1.807, 2.05) is 48.7 Å². The van der Waals surface area contributed by atoms with Crippen molar-refractivity contribution in [2.75, 3.05) is 18.8 Å². The van der Waals surface area contributed by atoms with Crippen molar-refractivity contribution in [3.8, 4) is 0 Å². The van der Waals surface area contributed by atoms with Gasteiger partial charge in [-0.05, 0) is 48.2 Å². The van der Waals surface area contributed by atoms with Crippen LogP contribution in [0.5, 0.6) is 0 Å². The zero-order valence-corrected chi connectivity index (χ0v) is 18.5. The molecule has 0 fully saturated rings. The Labute approximate surface area is 187 Å². The number of aromatic amines is 1. The summed E-state index contributed by atoms with van der Waals surface area (Å²) in [6, 6.07) is 15.9. The molecule has 0 saturated carbocycles. The topological polar surface area (TPSA) is 129 Å². The van der Waals surface area contributed by atoms with E-state index in [9.17, 15) is 13.2 Å². The number of primary sulfonamides is 1. The van der Waals surface area contributed by atoms with Crippen LogP contribution in [0.2, 0.25) is 0 Å². The molecule has 9 heteroatoms. The molecule has 0 aliphatic carbocycles. The molecular formula is C23H28N4O4S. The number of rotatable bonds is 11. The Kier molecular flexibility index (Phi) is 8.18. The standard InChI is InChI=1S/C23H28N4O4S/c24-32(30,31)15-3-13-27(14-12-20-16-25-22-5-2-1-4-21(20)22)17-19-8-6-18(7-9-19)10-11-23(28)26-29/h1-2,4-11,16,25,29H,3,12-15,17H2,(H,26,28)(H2,24,30,31). The van der Waals surface area contributed by atoms with Crippen molar-refractivity contribution in [3.05, 3.63) is 77.5 Å². The molecule has 0 aliphatic heterocycles. The fraction of sp³-hybridized carbons (Fsp3) is 0.261. The number of hydroxylamine groups is 1.